The zero-order valence-electron chi connectivity index (χ0n) is 8.31. The smallest absolute Gasteiger partial charge is 0.193 e. The molecule has 1 fully saturated rings. The maximum absolute atomic E-state index is 10.2. The van der Waals surface area contributed by atoms with Crippen molar-refractivity contribution in [2.24, 2.45) is 0 Å². The predicted molar refractivity (Wildman–Crippen MR) is 59.2 cm³/mol. The van der Waals surface area contributed by atoms with Crippen molar-refractivity contribution in [2.45, 2.75) is 18.4 Å². The third-order valence-corrected chi connectivity index (χ3v) is 3.65. The third kappa shape index (κ3) is 1.67. The molecule has 1 saturated heterocycles. The molecule has 0 bridgehead atoms. The van der Waals surface area contributed by atoms with Crippen LogP contribution in [-0.2, 0) is 6.42 Å². The van der Waals surface area contributed by atoms with Gasteiger partial charge in [-0.2, -0.15) is 0 Å². The lowest BCUT2D eigenvalue weighted by atomic mass is 9.97. The van der Waals surface area contributed by atoms with Crippen LogP contribution in [0.5, 0.6) is 0 Å². The first-order valence-corrected chi connectivity index (χ1v) is 5.97. The van der Waals surface area contributed by atoms with E-state index in [1.54, 1.807) is 11.3 Å². The number of hydrogen-bond acceptors (Lipinski definition) is 4. The molecule has 3 rings (SSSR count). The number of rotatable bonds is 2. The van der Waals surface area contributed by atoms with E-state index in [9.17, 15) is 5.11 Å². The molecule has 0 saturated carbocycles. The van der Waals surface area contributed by atoms with Crippen molar-refractivity contribution in [1.82, 2.24) is 14.7 Å². The number of nitrogens with one attached hydrogen (secondary N) is 1. The van der Waals surface area contributed by atoms with Crippen molar-refractivity contribution in [2.75, 3.05) is 13.1 Å². The Morgan fingerprint density at radius 2 is 2.60 bits per heavy atom. The summed E-state index contributed by atoms with van der Waals surface area (Å²) < 4.78 is 2.01. The second-order valence-electron chi connectivity index (χ2n) is 4.15. The fourth-order valence-corrected chi connectivity index (χ4v) is 2.80. The molecule has 0 aromatic carbocycles. The standard InChI is InChI=1S/C10H13N3OS/c14-10(1-2-11-7-10)5-8-6-13-3-4-15-9(13)12-8/h3-4,6,11,14H,1-2,5,7H2. The largest absolute Gasteiger partial charge is 0.388 e. The second-order valence-corrected chi connectivity index (χ2v) is 5.03. The molecule has 1 aliphatic rings. The van der Waals surface area contributed by atoms with Crippen molar-refractivity contribution in [3.05, 3.63) is 23.5 Å². The fraction of sp³-hybridized carbons (Fsp3) is 0.500. The SMILES string of the molecule is OC1(Cc2cn3ccsc3n2)CCNC1. The number of nitrogens with zero attached hydrogens (tertiary/aromatic N) is 2. The molecule has 0 spiro atoms. The molecule has 0 amide bonds. The van der Waals surface area contributed by atoms with E-state index in [2.05, 4.69) is 10.3 Å². The van der Waals surface area contributed by atoms with Crippen molar-refractivity contribution in [3.8, 4) is 0 Å². The Morgan fingerprint density at radius 3 is 3.33 bits per heavy atom. The first kappa shape index (κ1) is 9.33. The first-order chi connectivity index (χ1) is 7.25. The van der Waals surface area contributed by atoms with Gasteiger partial charge in [-0.3, -0.25) is 4.40 Å². The first-order valence-electron chi connectivity index (χ1n) is 5.09. The van der Waals surface area contributed by atoms with Crippen LogP contribution < -0.4 is 5.32 Å². The summed E-state index contributed by atoms with van der Waals surface area (Å²) in [5.74, 6) is 0. The molecular weight excluding hydrogens is 210 g/mol. The van der Waals surface area contributed by atoms with Gasteiger partial charge in [0, 0.05) is 30.7 Å². The van der Waals surface area contributed by atoms with Crippen LogP contribution in [0.15, 0.2) is 17.8 Å². The van der Waals surface area contributed by atoms with E-state index in [4.69, 9.17) is 0 Å². The zero-order chi connectivity index (χ0) is 10.3. The predicted octanol–water partition coefficient (Wildman–Crippen LogP) is 0.663. The van der Waals surface area contributed by atoms with E-state index >= 15 is 0 Å². The fourth-order valence-electron chi connectivity index (χ4n) is 2.08. The minimum atomic E-state index is -0.593. The Kier molecular flexibility index (Phi) is 2.05. The lowest BCUT2D eigenvalue weighted by Crippen LogP contribution is -2.33. The molecule has 1 unspecified atom stereocenters. The van der Waals surface area contributed by atoms with Crippen LogP contribution in [0.4, 0.5) is 0 Å². The summed E-state index contributed by atoms with van der Waals surface area (Å²) in [6, 6.07) is 0. The summed E-state index contributed by atoms with van der Waals surface area (Å²) >= 11 is 1.62. The Balaban J connectivity index is 1.85. The van der Waals surface area contributed by atoms with Gasteiger partial charge in [-0.15, -0.1) is 11.3 Å². The zero-order valence-corrected chi connectivity index (χ0v) is 9.13. The topological polar surface area (TPSA) is 49.6 Å². The maximum Gasteiger partial charge on any atom is 0.193 e. The van der Waals surface area contributed by atoms with Crippen molar-refractivity contribution in [1.29, 1.82) is 0 Å². The Morgan fingerprint density at radius 1 is 1.67 bits per heavy atom. The van der Waals surface area contributed by atoms with Crippen LogP contribution in [0, 0.1) is 0 Å². The summed E-state index contributed by atoms with van der Waals surface area (Å²) in [5.41, 5.74) is 0.386. The molecular formula is C10H13N3OS. The molecule has 80 valence electrons. The summed E-state index contributed by atoms with van der Waals surface area (Å²) in [5, 5.41) is 15.4. The van der Waals surface area contributed by atoms with Crippen molar-refractivity contribution < 1.29 is 5.11 Å². The average Bonchev–Trinajstić information content (AvgIpc) is 2.80. The van der Waals surface area contributed by atoms with E-state index in [-0.39, 0.29) is 0 Å². The molecule has 1 atom stereocenters. The minimum Gasteiger partial charge on any atom is -0.388 e. The van der Waals surface area contributed by atoms with E-state index in [1.807, 2.05) is 22.2 Å². The van der Waals surface area contributed by atoms with Gasteiger partial charge in [0.25, 0.3) is 0 Å². The normalized spacial score (nSPS) is 26.5. The van der Waals surface area contributed by atoms with Gasteiger partial charge in [-0.05, 0) is 13.0 Å². The second kappa shape index (κ2) is 3.30. The highest BCUT2D eigenvalue weighted by Gasteiger charge is 2.31. The van der Waals surface area contributed by atoms with Gasteiger partial charge in [0.15, 0.2) is 4.96 Å². The lowest BCUT2D eigenvalue weighted by molar-refractivity contribution is 0.0610. The Hall–Kier alpha value is -0.910. The van der Waals surface area contributed by atoms with Crippen LogP contribution in [0.2, 0.25) is 0 Å². The maximum atomic E-state index is 10.2. The number of fused-ring (bicyclic) bond motifs is 1. The number of aliphatic hydroxyl groups is 1. The quantitative estimate of drug-likeness (QED) is 0.786. The summed E-state index contributed by atoms with van der Waals surface area (Å²) in [6.07, 6.45) is 5.46. The van der Waals surface area contributed by atoms with Gasteiger partial charge in [0.05, 0.1) is 11.3 Å². The van der Waals surface area contributed by atoms with Crippen molar-refractivity contribution in [3.63, 3.8) is 0 Å². The van der Waals surface area contributed by atoms with Crippen LogP contribution in [0.3, 0.4) is 0 Å². The summed E-state index contributed by atoms with van der Waals surface area (Å²) in [6.45, 7) is 1.58. The monoisotopic (exact) mass is 223 g/mol. The average molecular weight is 223 g/mol. The summed E-state index contributed by atoms with van der Waals surface area (Å²) in [7, 11) is 0. The molecule has 4 nitrogen and oxygen atoms in total. The number of imidazole rings is 1. The van der Waals surface area contributed by atoms with Crippen LogP contribution in [-0.4, -0.2) is 33.2 Å². The molecule has 1 aliphatic heterocycles. The highest BCUT2D eigenvalue weighted by Crippen LogP contribution is 2.21. The van der Waals surface area contributed by atoms with E-state index in [1.165, 1.54) is 0 Å². The Bertz CT molecular complexity index is 441. The molecule has 2 aromatic rings. The molecule has 5 heteroatoms. The van der Waals surface area contributed by atoms with Gasteiger partial charge in [-0.1, -0.05) is 0 Å². The van der Waals surface area contributed by atoms with Gasteiger partial charge in [0.2, 0.25) is 0 Å². The van der Waals surface area contributed by atoms with Crippen molar-refractivity contribution >= 4 is 16.3 Å². The van der Waals surface area contributed by atoms with E-state index in [0.717, 1.165) is 23.6 Å². The van der Waals surface area contributed by atoms with Crippen LogP contribution >= 0.6 is 11.3 Å². The minimum absolute atomic E-state index is 0.593. The molecule has 0 radical (unpaired) electrons. The van der Waals surface area contributed by atoms with Gasteiger partial charge >= 0.3 is 0 Å². The Labute approximate surface area is 91.6 Å². The number of thiazole rings is 1. The molecule has 2 aromatic heterocycles. The lowest BCUT2D eigenvalue weighted by Gasteiger charge is -2.19. The molecule has 15 heavy (non-hydrogen) atoms. The van der Waals surface area contributed by atoms with Gasteiger partial charge in [0.1, 0.15) is 0 Å². The highest BCUT2D eigenvalue weighted by molar-refractivity contribution is 7.15. The molecule has 0 aliphatic carbocycles. The summed E-state index contributed by atoms with van der Waals surface area (Å²) in [4.78, 5) is 5.47. The van der Waals surface area contributed by atoms with Crippen LogP contribution in [0.25, 0.3) is 4.96 Å². The van der Waals surface area contributed by atoms with Crippen LogP contribution in [0.1, 0.15) is 12.1 Å². The van der Waals surface area contributed by atoms with Gasteiger partial charge < -0.3 is 10.4 Å². The van der Waals surface area contributed by atoms with E-state index in [0.29, 0.717) is 13.0 Å². The van der Waals surface area contributed by atoms with E-state index < -0.39 is 5.60 Å². The third-order valence-electron chi connectivity index (χ3n) is 2.87. The highest BCUT2D eigenvalue weighted by atomic mass is 32.1. The molecule has 2 N–H and O–H groups in total. The number of hydrogen-bond donors (Lipinski definition) is 2. The number of β-amino-alcohol motifs (C(OH)–C–C–N with tert-alkyl or cyclic N) is 1. The number of aromatic nitrogens is 2. The molecule has 3 heterocycles. The van der Waals surface area contributed by atoms with Gasteiger partial charge in [-0.25, -0.2) is 4.98 Å².